The second-order valence-electron chi connectivity index (χ2n) is 5.41. The zero-order chi connectivity index (χ0) is 13.8. The molecule has 1 aliphatic heterocycles. The van der Waals surface area contributed by atoms with Crippen LogP contribution in [0.4, 0.5) is 4.39 Å². The Morgan fingerprint density at radius 3 is 2.63 bits per heavy atom. The Balaban J connectivity index is 2.30. The number of benzene rings is 1. The fraction of sp³-hybridized carbons (Fsp3) is 0.625. The third-order valence-corrected chi connectivity index (χ3v) is 4.19. The minimum atomic E-state index is -0.141. The molecule has 1 saturated heterocycles. The van der Waals surface area contributed by atoms with E-state index in [1.54, 1.807) is 20.1 Å². The van der Waals surface area contributed by atoms with Crippen molar-refractivity contribution >= 4 is 0 Å². The van der Waals surface area contributed by atoms with E-state index in [9.17, 15) is 4.39 Å². The second-order valence-corrected chi connectivity index (χ2v) is 5.41. The van der Waals surface area contributed by atoms with E-state index in [0.29, 0.717) is 11.5 Å². The van der Waals surface area contributed by atoms with Crippen LogP contribution in [0.2, 0.25) is 0 Å². The smallest absolute Gasteiger partial charge is 0.130 e. The highest BCUT2D eigenvalue weighted by atomic mass is 19.1. The third kappa shape index (κ3) is 3.08. The van der Waals surface area contributed by atoms with Gasteiger partial charge in [0.15, 0.2) is 0 Å². The van der Waals surface area contributed by atoms with E-state index in [2.05, 4.69) is 12.2 Å². The largest absolute Gasteiger partial charge is 0.496 e. The van der Waals surface area contributed by atoms with Gasteiger partial charge in [-0.3, -0.25) is 0 Å². The minimum Gasteiger partial charge on any atom is -0.496 e. The number of halogens is 1. The van der Waals surface area contributed by atoms with Crippen molar-refractivity contribution < 1.29 is 9.13 Å². The summed E-state index contributed by atoms with van der Waals surface area (Å²) in [5, 5.41) is 3.37. The maximum atomic E-state index is 14.0. The van der Waals surface area contributed by atoms with Gasteiger partial charge in [0.2, 0.25) is 0 Å². The van der Waals surface area contributed by atoms with Crippen LogP contribution in [-0.2, 0) is 12.8 Å². The molecule has 0 spiro atoms. The Labute approximate surface area is 115 Å². The SMILES string of the molecule is CCc1c(CC2CCNCC2)cc(F)c(C)c1OC. The summed E-state index contributed by atoms with van der Waals surface area (Å²) in [7, 11) is 1.63. The molecule has 2 rings (SSSR count). The molecule has 1 N–H and O–H groups in total. The first-order valence-electron chi connectivity index (χ1n) is 7.22. The van der Waals surface area contributed by atoms with Gasteiger partial charge in [-0.25, -0.2) is 4.39 Å². The van der Waals surface area contributed by atoms with Gasteiger partial charge >= 0.3 is 0 Å². The number of hydrogen-bond acceptors (Lipinski definition) is 2. The molecule has 0 radical (unpaired) electrons. The zero-order valence-corrected chi connectivity index (χ0v) is 12.2. The molecule has 0 aliphatic carbocycles. The summed E-state index contributed by atoms with van der Waals surface area (Å²) >= 11 is 0. The molecule has 0 amide bonds. The standard InChI is InChI=1S/C16H24FNO/c1-4-14-13(9-12-5-7-18-8-6-12)10-15(17)11(2)16(14)19-3/h10,12,18H,4-9H2,1-3H3. The summed E-state index contributed by atoms with van der Waals surface area (Å²) < 4.78 is 19.4. The van der Waals surface area contributed by atoms with Crippen molar-refractivity contribution in [2.45, 2.75) is 39.5 Å². The van der Waals surface area contributed by atoms with Crippen LogP contribution < -0.4 is 10.1 Å². The van der Waals surface area contributed by atoms with Crippen molar-refractivity contribution in [1.29, 1.82) is 0 Å². The molecule has 0 unspecified atom stereocenters. The molecule has 0 saturated carbocycles. The van der Waals surface area contributed by atoms with Crippen LogP contribution in [0.1, 0.15) is 36.5 Å². The van der Waals surface area contributed by atoms with Crippen molar-refractivity contribution in [3.8, 4) is 5.75 Å². The summed E-state index contributed by atoms with van der Waals surface area (Å²) in [5.74, 6) is 1.27. The van der Waals surface area contributed by atoms with E-state index in [4.69, 9.17) is 4.74 Å². The van der Waals surface area contributed by atoms with Crippen LogP contribution in [0.5, 0.6) is 5.75 Å². The topological polar surface area (TPSA) is 21.3 Å². The van der Waals surface area contributed by atoms with Gasteiger partial charge in [-0.2, -0.15) is 0 Å². The van der Waals surface area contributed by atoms with Crippen molar-refractivity contribution in [1.82, 2.24) is 5.32 Å². The van der Waals surface area contributed by atoms with E-state index in [1.165, 1.54) is 18.4 Å². The molecule has 1 aliphatic rings. The number of ether oxygens (including phenoxy) is 1. The van der Waals surface area contributed by atoms with Gasteiger partial charge in [-0.05, 0) is 68.8 Å². The number of piperidine rings is 1. The molecule has 1 aromatic carbocycles. The van der Waals surface area contributed by atoms with Crippen LogP contribution in [0.3, 0.4) is 0 Å². The van der Waals surface area contributed by atoms with Gasteiger partial charge in [0.25, 0.3) is 0 Å². The predicted molar refractivity (Wildman–Crippen MR) is 76.4 cm³/mol. The molecule has 0 atom stereocenters. The van der Waals surface area contributed by atoms with Gasteiger partial charge in [-0.1, -0.05) is 6.92 Å². The molecule has 0 aromatic heterocycles. The molecular formula is C16H24FNO. The number of rotatable bonds is 4. The highest BCUT2D eigenvalue weighted by Gasteiger charge is 2.19. The Hall–Kier alpha value is -1.09. The molecule has 1 heterocycles. The summed E-state index contributed by atoms with van der Waals surface area (Å²) in [6, 6.07) is 1.72. The average molecular weight is 265 g/mol. The highest BCUT2D eigenvalue weighted by molar-refractivity contribution is 5.47. The van der Waals surface area contributed by atoms with E-state index < -0.39 is 0 Å². The Bertz CT molecular complexity index is 439. The molecule has 2 nitrogen and oxygen atoms in total. The first-order chi connectivity index (χ1) is 9.17. The lowest BCUT2D eigenvalue weighted by Gasteiger charge is -2.24. The number of nitrogens with one attached hydrogen (secondary N) is 1. The average Bonchev–Trinajstić information content (AvgIpc) is 2.43. The maximum Gasteiger partial charge on any atom is 0.130 e. The summed E-state index contributed by atoms with van der Waals surface area (Å²) in [4.78, 5) is 0. The Morgan fingerprint density at radius 1 is 1.37 bits per heavy atom. The fourth-order valence-electron chi connectivity index (χ4n) is 3.07. The van der Waals surface area contributed by atoms with Gasteiger partial charge in [0, 0.05) is 5.56 Å². The Kier molecular flexibility index (Phi) is 4.81. The summed E-state index contributed by atoms with van der Waals surface area (Å²) in [6.45, 7) is 6.07. The first kappa shape index (κ1) is 14.3. The van der Waals surface area contributed by atoms with E-state index >= 15 is 0 Å². The van der Waals surface area contributed by atoms with Crippen molar-refractivity contribution in [3.05, 3.63) is 28.6 Å². The van der Waals surface area contributed by atoms with Crippen molar-refractivity contribution in [3.63, 3.8) is 0 Å². The summed E-state index contributed by atoms with van der Waals surface area (Å²) in [5.41, 5.74) is 2.95. The monoisotopic (exact) mass is 265 g/mol. The molecule has 0 bridgehead atoms. The van der Waals surface area contributed by atoms with Crippen LogP contribution in [0, 0.1) is 18.7 Å². The van der Waals surface area contributed by atoms with Crippen molar-refractivity contribution in [2.75, 3.05) is 20.2 Å². The maximum absolute atomic E-state index is 14.0. The number of methoxy groups -OCH3 is 1. The normalized spacial score (nSPS) is 16.6. The lowest BCUT2D eigenvalue weighted by molar-refractivity contribution is 0.368. The quantitative estimate of drug-likeness (QED) is 0.902. The molecule has 19 heavy (non-hydrogen) atoms. The molecular weight excluding hydrogens is 241 g/mol. The van der Waals surface area contributed by atoms with Crippen LogP contribution in [0.15, 0.2) is 6.07 Å². The van der Waals surface area contributed by atoms with Gasteiger partial charge in [0.05, 0.1) is 7.11 Å². The van der Waals surface area contributed by atoms with Gasteiger partial charge < -0.3 is 10.1 Å². The predicted octanol–water partition coefficient (Wildman–Crippen LogP) is 3.25. The van der Waals surface area contributed by atoms with Crippen LogP contribution in [0.25, 0.3) is 0 Å². The fourth-order valence-corrected chi connectivity index (χ4v) is 3.07. The Morgan fingerprint density at radius 2 is 2.05 bits per heavy atom. The van der Waals surface area contributed by atoms with Gasteiger partial charge in [-0.15, -0.1) is 0 Å². The third-order valence-electron chi connectivity index (χ3n) is 4.19. The van der Waals surface area contributed by atoms with Gasteiger partial charge in [0.1, 0.15) is 11.6 Å². The summed E-state index contributed by atoms with van der Waals surface area (Å²) in [6.07, 6.45) is 4.23. The first-order valence-corrected chi connectivity index (χ1v) is 7.22. The minimum absolute atomic E-state index is 0.141. The lowest BCUT2D eigenvalue weighted by Crippen LogP contribution is -2.28. The molecule has 1 aromatic rings. The zero-order valence-electron chi connectivity index (χ0n) is 12.2. The second kappa shape index (κ2) is 6.38. The number of hydrogen-bond donors (Lipinski definition) is 1. The lowest BCUT2D eigenvalue weighted by atomic mass is 9.87. The van der Waals surface area contributed by atoms with E-state index in [0.717, 1.165) is 37.2 Å². The van der Waals surface area contributed by atoms with Crippen LogP contribution in [-0.4, -0.2) is 20.2 Å². The van der Waals surface area contributed by atoms with Crippen LogP contribution >= 0.6 is 0 Å². The van der Waals surface area contributed by atoms with E-state index in [-0.39, 0.29) is 5.82 Å². The van der Waals surface area contributed by atoms with E-state index in [1.807, 2.05) is 0 Å². The van der Waals surface area contributed by atoms with Crippen molar-refractivity contribution in [2.24, 2.45) is 5.92 Å². The molecule has 3 heteroatoms. The molecule has 1 fully saturated rings. The molecule has 106 valence electrons. The highest BCUT2D eigenvalue weighted by Crippen LogP contribution is 2.32.